The maximum atomic E-state index is 13.2. The van der Waals surface area contributed by atoms with E-state index in [-0.39, 0.29) is 79.8 Å². The van der Waals surface area contributed by atoms with Crippen LogP contribution in [-0.4, -0.2) is 148 Å². The van der Waals surface area contributed by atoms with Crippen LogP contribution in [-0.2, 0) is 43.4 Å². The van der Waals surface area contributed by atoms with E-state index in [1.807, 2.05) is 0 Å². The predicted molar refractivity (Wildman–Crippen MR) is 234 cm³/mol. The van der Waals surface area contributed by atoms with Gasteiger partial charge in [0.2, 0.25) is 27.7 Å². The van der Waals surface area contributed by atoms with Gasteiger partial charge in [0.05, 0.1) is 75.4 Å². The van der Waals surface area contributed by atoms with Crippen molar-refractivity contribution in [1.29, 1.82) is 0 Å². The Hall–Kier alpha value is -6.99. The average Bonchev–Trinajstić information content (AvgIpc) is 3.83. The molecule has 2 aromatic heterocycles. The molecule has 66 heavy (non-hydrogen) atoms. The smallest absolute Gasteiger partial charge is 0.266 e. The van der Waals surface area contributed by atoms with Crippen molar-refractivity contribution in [2.24, 2.45) is 5.73 Å². The van der Waals surface area contributed by atoms with Crippen LogP contribution in [0.5, 0.6) is 11.6 Å². The molecule has 2 aliphatic heterocycles. The number of ether oxygens (including phenoxy) is 6. The Balaban J connectivity index is 0.775. The van der Waals surface area contributed by atoms with Gasteiger partial charge < -0.3 is 44.8 Å². The van der Waals surface area contributed by atoms with Crippen LogP contribution < -0.4 is 35.9 Å². The standard InChI is InChI=1S/C42H49N9O14S/c1-2-66(58,59)50-27-8-6-26(7-9-27)37-36(38(43)54)39(49-48-37)46-28-12-13-45-34(24-28)64-23-22-63-21-20-62-19-18-61-17-16-60-15-14-44-33(53)25-65-31-5-3-4-29-35(31)42(57)51(41(29)56)30-10-11-32(52)47-40(30)55/h3-9,12-13,24,30,50H,2,10-11,14-23,25H2,1H3,(H2,43,54)(H,44,53)(H,47,52,55)(H2,45,46,48,49). The minimum absolute atomic E-state index is 0.00444. The number of aromatic amines is 1. The molecule has 24 heteroatoms. The van der Waals surface area contributed by atoms with E-state index in [1.165, 1.54) is 31.3 Å². The van der Waals surface area contributed by atoms with Gasteiger partial charge in [-0.3, -0.25) is 48.8 Å². The number of H-pyrrole nitrogens is 1. The fourth-order valence-electron chi connectivity index (χ4n) is 6.57. The average molecular weight is 936 g/mol. The molecule has 0 aliphatic carbocycles. The molecule has 1 fully saturated rings. The van der Waals surface area contributed by atoms with Crippen LogP contribution in [0.25, 0.3) is 11.3 Å². The summed E-state index contributed by atoms with van der Waals surface area (Å²) in [6.07, 6.45) is 1.53. The second-order valence-electron chi connectivity index (χ2n) is 14.3. The van der Waals surface area contributed by atoms with E-state index in [0.29, 0.717) is 61.5 Å². The summed E-state index contributed by atoms with van der Waals surface area (Å²) in [7, 11) is -3.45. The highest BCUT2D eigenvalue weighted by Crippen LogP contribution is 2.34. The van der Waals surface area contributed by atoms with E-state index < -0.39 is 58.1 Å². The number of rotatable bonds is 27. The van der Waals surface area contributed by atoms with Gasteiger partial charge in [-0.1, -0.05) is 18.2 Å². The van der Waals surface area contributed by atoms with Crippen molar-refractivity contribution in [2.45, 2.75) is 25.8 Å². The third-order valence-corrected chi connectivity index (χ3v) is 11.1. The number of sulfonamides is 1. The first-order chi connectivity index (χ1) is 31.8. The Morgan fingerprint density at radius 2 is 1.53 bits per heavy atom. The van der Waals surface area contributed by atoms with Gasteiger partial charge in [0.25, 0.3) is 23.6 Å². The lowest BCUT2D eigenvalue weighted by Crippen LogP contribution is -2.54. The molecular weight excluding hydrogens is 887 g/mol. The van der Waals surface area contributed by atoms with Crippen LogP contribution in [0.3, 0.4) is 0 Å². The number of piperidine rings is 1. The van der Waals surface area contributed by atoms with Gasteiger partial charge in [-0.05, 0) is 43.7 Å². The number of hydrogen-bond donors (Lipinski definition) is 6. The number of benzene rings is 2. The van der Waals surface area contributed by atoms with Crippen molar-refractivity contribution in [3.63, 3.8) is 0 Å². The number of nitrogens with zero attached hydrogens (tertiary/aromatic N) is 3. The van der Waals surface area contributed by atoms with Crippen LogP contribution in [0, 0.1) is 0 Å². The van der Waals surface area contributed by atoms with Crippen molar-refractivity contribution in [3.05, 3.63) is 77.5 Å². The largest absolute Gasteiger partial charge is 0.483 e. The van der Waals surface area contributed by atoms with Crippen molar-refractivity contribution in [3.8, 4) is 22.9 Å². The van der Waals surface area contributed by atoms with E-state index in [1.54, 1.807) is 36.4 Å². The van der Waals surface area contributed by atoms with Crippen LogP contribution in [0.1, 0.15) is 50.8 Å². The van der Waals surface area contributed by atoms with E-state index in [0.717, 1.165) is 4.90 Å². The number of pyridine rings is 1. The first-order valence-electron chi connectivity index (χ1n) is 20.7. The minimum atomic E-state index is -3.45. The van der Waals surface area contributed by atoms with Gasteiger partial charge in [0.15, 0.2) is 12.4 Å². The van der Waals surface area contributed by atoms with Gasteiger partial charge in [-0.15, -0.1) is 0 Å². The van der Waals surface area contributed by atoms with Crippen molar-refractivity contribution in [2.75, 3.05) is 88.4 Å². The Morgan fingerprint density at radius 3 is 2.20 bits per heavy atom. The zero-order valence-corrected chi connectivity index (χ0v) is 36.6. The van der Waals surface area contributed by atoms with Gasteiger partial charge in [0, 0.05) is 42.2 Å². The third-order valence-electron chi connectivity index (χ3n) is 9.79. The second-order valence-corrected chi connectivity index (χ2v) is 16.4. The van der Waals surface area contributed by atoms with Crippen LogP contribution in [0.15, 0.2) is 60.8 Å². The highest BCUT2D eigenvalue weighted by Gasteiger charge is 2.46. The molecule has 2 aliphatic rings. The van der Waals surface area contributed by atoms with Crippen molar-refractivity contribution in [1.82, 2.24) is 30.7 Å². The van der Waals surface area contributed by atoms with Gasteiger partial charge >= 0.3 is 0 Å². The van der Waals surface area contributed by atoms with E-state index >= 15 is 0 Å². The Morgan fingerprint density at radius 1 is 0.848 bits per heavy atom. The van der Waals surface area contributed by atoms with Crippen LogP contribution in [0.2, 0.25) is 0 Å². The molecule has 7 N–H and O–H groups in total. The highest BCUT2D eigenvalue weighted by molar-refractivity contribution is 7.92. The number of fused-ring (bicyclic) bond motifs is 1. The SMILES string of the molecule is CCS(=O)(=O)Nc1ccc(-c2[nH]nc(Nc3ccnc(OCCOCCOCCOCCOCCNC(=O)COc4cccc5c4C(=O)N(C4CCC(=O)NC4=O)C5=O)c3)c2C(N)=O)cc1. The molecule has 1 saturated heterocycles. The van der Waals surface area contributed by atoms with Crippen molar-refractivity contribution < 1.29 is 65.6 Å². The first-order valence-corrected chi connectivity index (χ1v) is 22.4. The van der Waals surface area contributed by atoms with Crippen LogP contribution >= 0.6 is 0 Å². The topological polar surface area (TPSA) is 311 Å². The summed E-state index contributed by atoms with van der Waals surface area (Å²) in [4.78, 5) is 79.9. The monoisotopic (exact) mass is 935 g/mol. The molecule has 4 aromatic rings. The number of primary amides is 1. The Bertz CT molecular complexity index is 2500. The Kier molecular flexibility index (Phi) is 17.1. The lowest BCUT2D eigenvalue weighted by Gasteiger charge is -2.27. The number of amides is 6. The lowest BCUT2D eigenvalue weighted by atomic mass is 10.0. The number of nitrogens with one attached hydrogen (secondary N) is 5. The van der Waals surface area contributed by atoms with Gasteiger partial charge in [-0.25, -0.2) is 13.4 Å². The lowest BCUT2D eigenvalue weighted by molar-refractivity contribution is -0.136. The summed E-state index contributed by atoms with van der Waals surface area (Å²) < 4.78 is 59.5. The summed E-state index contributed by atoms with van der Waals surface area (Å²) in [5.41, 5.74) is 7.62. The van der Waals surface area contributed by atoms with Crippen LogP contribution in [0.4, 0.5) is 17.2 Å². The summed E-state index contributed by atoms with van der Waals surface area (Å²) >= 11 is 0. The molecule has 6 amide bonds. The molecule has 0 spiro atoms. The first kappa shape index (κ1) is 48.5. The van der Waals surface area contributed by atoms with Crippen molar-refractivity contribution >= 4 is 62.7 Å². The fraction of sp³-hybridized carbons (Fsp3) is 0.381. The molecule has 0 radical (unpaired) electrons. The molecule has 6 rings (SSSR count). The highest BCUT2D eigenvalue weighted by atomic mass is 32.2. The molecule has 352 valence electrons. The number of anilines is 3. The maximum absolute atomic E-state index is 13.2. The molecule has 0 bridgehead atoms. The summed E-state index contributed by atoms with van der Waals surface area (Å²) in [5.74, 6) is -3.39. The predicted octanol–water partition coefficient (Wildman–Crippen LogP) is 1.12. The number of hydrogen-bond acceptors (Lipinski definition) is 17. The summed E-state index contributed by atoms with van der Waals surface area (Å²) in [6.45, 7) is 3.87. The number of imide groups is 2. The normalized spacial score (nSPS) is 14.7. The van der Waals surface area contributed by atoms with Gasteiger partial charge in [0.1, 0.15) is 24.0 Å². The second kappa shape index (κ2) is 23.3. The molecule has 1 atom stereocenters. The van der Waals surface area contributed by atoms with E-state index in [2.05, 4.69) is 35.9 Å². The third kappa shape index (κ3) is 13.1. The number of carbonyl (C=O) groups excluding carboxylic acids is 6. The summed E-state index contributed by atoms with van der Waals surface area (Å²) in [6, 6.07) is 13.0. The quantitative estimate of drug-likeness (QED) is 0.0360. The molecular formula is C42H49N9O14S. The molecule has 2 aromatic carbocycles. The Labute approximate surface area is 378 Å². The zero-order valence-electron chi connectivity index (χ0n) is 35.8. The number of aromatic nitrogens is 3. The van der Waals surface area contributed by atoms with E-state index in [4.69, 9.17) is 34.2 Å². The maximum Gasteiger partial charge on any atom is 0.266 e. The molecule has 4 heterocycles. The summed E-state index contributed by atoms with van der Waals surface area (Å²) in [5, 5.41) is 14.9. The van der Waals surface area contributed by atoms with Gasteiger partial charge in [-0.2, -0.15) is 5.10 Å². The molecule has 0 saturated carbocycles. The minimum Gasteiger partial charge on any atom is -0.483 e. The fourth-order valence-corrected chi connectivity index (χ4v) is 7.21. The zero-order chi connectivity index (χ0) is 47.1. The number of carbonyl (C=O) groups is 6. The molecule has 1 unspecified atom stereocenters. The molecule has 23 nitrogen and oxygen atoms in total. The van der Waals surface area contributed by atoms with E-state index in [9.17, 15) is 37.2 Å². The number of nitrogens with two attached hydrogens (primary N) is 1.